The van der Waals surface area contributed by atoms with Crippen molar-refractivity contribution in [1.29, 1.82) is 0 Å². The molecule has 1 atom stereocenters. The zero-order chi connectivity index (χ0) is 18.2. The molecule has 1 N–H and O–H groups in total. The SMILES string of the molecule is O=C(Nc1cccnc1)C1=NOC2(CCCN(C(=O)C3(F)CCC3)C2)C1. The van der Waals surface area contributed by atoms with Gasteiger partial charge in [0.1, 0.15) is 5.71 Å². The molecule has 1 spiro atoms. The van der Waals surface area contributed by atoms with E-state index in [-0.39, 0.29) is 18.2 Å². The molecule has 1 aromatic rings. The van der Waals surface area contributed by atoms with E-state index in [1.807, 2.05) is 0 Å². The number of pyridine rings is 1. The maximum atomic E-state index is 14.5. The topological polar surface area (TPSA) is 83.9 Å². The molecule has 2 amide bonds. The molecule has 2 fully saturated rings. The Morgan fingerprint density at radius 1 is 1.27 bits per heavy atom. The highest BCUT2D eigenvalue weighted by Gasteiger charge is 2.51. The third-order valence-corrected chi connectivity index (χ3v) is 5.38. The number of carbonyl (C=O) groups is 2. The average molecular weight is 360 g/mol. The van der Waals surface area contributed by atoms with Gasteiger partial charge in [0.05, 0.1) is 18.4 Å². The minimum Gasteiger partial charge on any atom is -0.386 e. The zero-order valence-corrected chi connectivity index (χ0v) is 14.4. The Morgan fingerprint density at radius 2 is 2.12 bits per heavy atom. The molecule has 0 radical (unpaired) electrons. The fourth-order valence-electron chi connectivity index (χ4n) is 3.76. The van der Waals surface area contributed by atoms with E-state index >= 15 is 0 Å². The summed E-state index contributed by atoms with van der Waals surface area (Å²) >= 11 is 0. The van der Waals surface area contributed by atoms with Gasteiger partial charge in [-0.2, -0.15) is 0 Å². The van der Waals surface area contributed by atoms with Crippen LogP contribution in [0.2, 0.25) is 0 Å². The summed E-state index contributed by atoms with van der Waals surface area (Å²) in [6, 6.07) is 3.46. The van der Waals surface area contributed by atoms with Gasteiger partial charge in [-0.25, -0.2) is 4.39 Å². The van der Waals surface area contributed by atoms with Crippen LogP contribution < -0.4 is 5.32 Å². The number of piperidine rings is 1. The minimum absolute atomic E-state index is 0.269. The number of likely N-dealkylation sites (tertiary alicyclic amines) is 1. The summed E-state index contributed by atoms with van der Waals surface area (Å²) in [5, 5.41) is 6.68. The number of oxime groups is 1. The van der Waals surface area contributed by atoms with Crippen molar-refractivity contribution in [3.8, 4) is 0 Å². The van der Waals surface area contributed by atoms with Crippen LogP contribution in [0.15, 0.2) is 29.7 Å². The Hall–Kier alpha value is -2.51. The molecule has 1 saturated heterocycles. The first kappa shape index (κ1) is 16.9. The first-order valence-corrected chi connectivity index (χ1v) is 8.95. The fraction of sp³-hybridized carbons (Fsp3) is 0.556. The van der Waals surface area contributed by atoms with E-state index in [4.69, 9.17) is 4.84 Å². The second kappa shape index (κ2) is 6.34. The van der Waals surface area contributed by atoms with Crippen molar-refractivity contribution >= 4 is 23.2 Å². The number of halogens is 1. The lowest BCUT2D eigenvalue weighted by Crippen LogP contribution is -2.57. The maximum Gasteiger partial charge on any atom is 0.273 e. The number of rotatable bonds is 3. The zero-order valence-electron chi connectivity index (χ0n) is 14.4. The third-order valence-electron chi connectivity index (χ3n) is 5.38. The Labute approximate surface area is 150 Å². The highest BCUT2D eigenvalue weighted by molar-refractivity contribution is 6.43. The van der Waals surface area contributed by atoms with Crippen molar-refractivity contribution in [3.05, 3.63) is 24.5 Å². The molecule has 1 unspecified atom stereocenters. The molecule has 1 saturated carbocycles. The van der Waals surface area contributed by atoms with E-state index in [0.29, 0.717) is 44.3 Å². The standard InChI is InChI=1S/C18H21FN4O3/c19-18(6-2-7-18)16(25)23-9-3-5-17(12-23)10-14(22-26-17)15(24)21-13-4-1-8-20-11-13/h1,4,8,11H,2-3,5-7,9-10,12H2,(H,21,24). The van der Waals surface area contributed by atoms with E-state index in [1.165, 1.54) is 0 Å². The minimum atomic E-state index is -1.71. The summed E-state index contributed by atoms with van der Waals surface area (Å²) in [5.41, 5.74) is -1.58. The van der Waals surface area contributed by atoms with Crippen molar-refractivity contribution in [2.75, 3.05) is 18.4 Å². The number of alkyl halides is 1. The number of hydrogen-bond acceptors (Lipinski definition) is 5. The highest BCUT2D eigenvalue weighted by atomic mass is 19.1. The molecule has 7 nitrogen and oxygen atoms in total. The van der Waals surface area contributed by atoms with Gasteiger partial charge < -0.3 is 15.1 Å². The number of anilines is 1. The Balaban J connectivity index is 1.39. The number of nitrogens with zero attached hydrogens (tertiary/aromatic N) is 3. The van der Waals surface area contributed by atoms with Gasteiger partial charge in [0, 0.05) is 19.2 Å². The molecule has 3 heterocycles. The normalized spacial score (nSPS) is 26.7. The predicted molar refractivity (Wildman–Crippen MR) is 92.2 cm³/mol. The summed E-state index contributed by atoms with van der Waals surface area (Å²) < 4.78 is 14.5. The van der Waals surface area contributed by atoms with Crippen molar-refractivity contribution < 1.29 is 18.8 Å². The van der Waals surface area contributed by atoms with Crippen LogP contribution in [0.4, 0.5) is 10.1 Å². The van der Waals surface area contributed by atoms with Crippen LogP contribution in [0.1, 0.15) is 38.5 Å². The number of carbonyl (C=O) groups excluding carboxylic acids is 2. The lowest BCUT2D eigenvalue weighted by Gasteiger charge is -2.43. The van der Waals surface area contributed by atoms with Crippen molar-refractivity contribution in [2.24, 2.45) is 5.16 Å². The van der Waals surface area contributed by atoms with Gasteiger partial charge in [-0.15, -0.1) is 0 Å². The highest BCUT2D eigenvalue weighted by Crippen LogP contribution is 2.40. The Kier molecular flexibility index (Phi) is 4.13. The van der Waals surface area contributed by atoms with E-state index in [2.05, 4.69) is 15.5 Å². The van der Waals surface area contributed by atoms with Crippen LogP contribution in [0.5, 0.6) is 0 Å². The third kappa shape index (κ3) is 3.04. The molecule has 1 aromatic heterocycles. The van der Waals surface area contributed by atoms with Gasteiger partial charge in [-0.3, -0.25) is 14.6 Å². The molecular weight excluding hydrogens is 339 g/mol. The summed E-state index contributed by atoms with van der Waals surface area (Å²) in [6.07, 6.45) is 6.20. The van der Waals surface area contributed by atoms with Gasteiger partial charge in [-0.1, -0.05) is 5.16 Å². The second-order valence-electron chi connectivity index (χ2n) is 7.33. The van der Waals surface area contributed by atoms with E-state index in [1.54, 1.807) is 29.4 Å². The van der Waals surface area contributed by atoms with Crippen molar-refractivity contribution in [3.63, 3.8) is 0 Å². The van der Waals surface area contributed by atoms with E-state index in [9.17, 15) is 14.0 Å². The van der Waals surface area contributed by atoms with Crippen LogP contribution in [-0.4, -0.2) is 51.8 Å². The molecule has 0 bridgehead atoms. The van der Waals surface area contributed by atoms with Crippen molar-refractivity contribution in [2.45, 2.75) is 49.8 Å². The van der Waals surface area contributed by atoms with Crippen LogP contribution in [-0.2, 0) is 14.4 Å². The lowest BCUT2D eigenvalue weighted by molar-refractivity contribution is -0.158. The van der Waals surface area contributed by atoms with Crippen LogP contribution in [0.25, 0.3) is 0 Å². The largest absolute Gasteiger partial charge is 0.386 e. The molecular formula is C18H21FN4O3. The van der Waals surface area contributed by atoms with E-state index < -0.39 is 17.2 Å². The monoisotopic (exact) mass is 360 g/mol. The van der Waals surface area contributed by atoms with Gasteiger partial charge >= 0.3 is 0 Å². The quantitative estimate of drug-likeness (QED) is 0.894. The first-order chi connectivity index (χ1) is 12.5. The van der Waals surface area contributed by atoms with Gasteiger partial charge in [-0.05, 0) is 44.2 Å². The Bertz CT molecular complexity index is 750. The second-order valence-corrected chi connectivity index (χ2v) is 7.33. The molecule has 1 aliphatic carbocycles. The molecule has 8 heteroatoms. The average Bonchev–Trinajstić information content (AvgIpc) is 3.03. The summed E-state index contributed by atoms with van der Waals surface area (Å²) in [4.78, 5) is 35.9. The van der Waals surface area contributed by atoms with E-state index in [0.717, 1.165) is 6.42 Å². The van der Waals surface area contributed by atoms with Gasteiger partial charge in [0.2, 0.25) is 0 Å². The lowest BCUT2D eigenvalue weighted by atomic mass is 9.79. The fourth-order valence-corrected chi connectivity index (χ4v) is 3.76. The summed E-state index contributed by atoms with van der Waals surface area (Å²) in [6.45, 7) is 0.789. The number of aromatic nitrogens is 1. The number of hydrogen-bond donors (Lipinski definition) is 1. The number of amides is 2. The molecule has 4 rings (SSSR count). The summed E-state index contributed by atoms with van der Waals surface area (Å²) in [7, 11) is 0. The summed E-state index contributed by atoms with van der Waals surface area (Å²) in [5.74, 6) is -0.793. The van der Waals surface area contributed by atoms with Gasteiger partial charge in [0.25, 0.3) is 11.8 Å². The molecule has 3 aliphatic rings. The van der Waals surface area contributed by atoms with Crippen LogP contribution in [0.3, 0.4) is 0 Å². The van der Waals surface area contributed by atoms with Crippen molar-refractivity contribution in [1.82, 2.24) is 9.88 Å². The van der Waals surface area contributed by atoms with Gasteiger partial charge in [0.15, 0.2) is 11.3 Å². The Morgan fingerprint density at radius 3 is 2.81 bits per heavy atom. The molecule has 26 heavy (non-hydrogen) atoms. The predicted octanol–water partition coefficient (Wildman–Crippen LogP) is 2.05. The maximum absolute atomic E-state index is 14.5. The van der Waals surface area contributed by atoms with Crippen LogP contribution in [0, 0.1) is 0 Å². The first-order valence-electron chi connectivity index (χ1n) is 8.95. The molecule has 0 aromatic carbocycles. The van der Waals surface area contributed by atoms with Crippen LogP contribution >= 0.6 is 0 Å². The molecule has 138 valence electrons. The molecule has 2 aliphatic heterocycles. The smallest absolute Gasteiger partial charge is 0.273 e. The number of nitrogens with one attached hydrogen (secondary N) is 1.